The fourth-order valence-corrected chi connectivity index (χ4v) is 1.97. The minimum atomic E-state index is -0.0564. The lowest BCUT2D eigenvalue weighted by atomic mass is 10.0. The van der Waals surface area contributed by atoms with Gasteiger partial charge >= 0.3 is 0 Å². The van der Waals surface area contributed by atoms with E-state index in [0.29, 0.717) is 17.3 Å². The molecule has 1 unspecified atom stereocenters. The molecule has 0 bridgehead atoms. The monoisotopic (exact) mass is 226 g/mol. The number of hydrogen-bond donors (Lipinski definition) is 2. The molecule has 82 valence electrons. The van der Waals surface area contributed by atoms with E-state index in [-0.39, 0.29) is 5.54 Å². The fourth-order valence-electron chi connectivity index (χ4n) is 1.74. The Morgan fingerprint density at radius 2 is 2.33 bits per heavy atom. The number of nitrogens with one attached hydrogen (secondary N) is 1. The lowest BCUT2D eigenvalue weighted by molar-refractivity contribution is 0.185. The van der Waals surface area contributed by atoms with Crippen LogP contribution in [0.2, 0.25) is 5.02 Å². The van der Waals surface area contributed by atoms with Gasteiger partial charge in [-0.3, -0.25) is 0 Å². The first-order valence-electron chi connectivity index (χ1n) is 5.01. The van der Waals surface area contributed by atoms with Gasteiger partial charge in [0.05, 0.1) is 28.5 Å². The maximum Gasteiger partial charge on any atom is 0.0768 e. The summed E-state index contributed by atoms with van der Waals surface area (Å²) in [4.78, 5) is 0. The van der Waals surface area contributed by atoms with Crippen LogP contribution in [0.4, 0.5) is 11.4 Å². The molecule has 1 aliphatic rings. The topological polar surface area (TPSA) is 47.3 Å². The second-order valence-corrected chi connectivity index (χ2v) is 4.60. The zero-order valence-corrected chi connectivity index (χ0v) is 9.47. The van der Waals surface area contributed by atoms with Gasteiger partial charge in [-0.1, -0.05) is 17.7 Å². The molecule has 1 aromatic carbocycles. The van der Waals surface area contributed by atoms with Crippen molar-refractivity contribution < 1.29 is 4.74 Å². The first-order chi connectivity index (χ1) is 7.11. The maximum atomic E-state index is 6.09. The van der Waals surface area contributed by atoms with Gasteiger partial charge < -0.3 is 15.8 Å². The van der Waals surface area contributed by atoms with Crippen LogP contribution in [0.1, 0.15) is 13.3 Å². The highest BCUT2D eigenvalue weighted by Crippen LogP contribution is 2.32. The van der Waals surface area contributed by atoms with Crippen molar-refractivity contribution in [1.82, 2.24) is 0 Å². The molecule has 1 aliphatic heterocycles. The van der Waals surface area contributed by atoms with Gasteiger partial charge in [0.25, 0.3) is 0 Å². The summed E-state index contributed by atoms with van der Waals surface area (Å²) in [5, 5.41) is 4.03. The van der Waals surface area contributed by atoms with Crippen LogP contribution < -0.4 is 11.1 Å². The molecule has 0 saturated carbocycles. The van der Waals surface area contributed by atoms with Crippen LogP contribution in [0.5, 0.6) is 0 Å². The predicted octanol–water partition coefficient (Wildman–Crippen LogP) is 2.51. The molecule has 1 aromatic rings. The summed E-state index contributed by atoms with van der Waals surface area (Å²) >= 11 is 6.09. The van der Waals surface area contributed by atoms with E-state index >= 15 is 0 Å². The zero-order chi connectivity index (χ0) is 10.9. The second-order valence-electron chi connectivity index (χ2n) is 4.19. The van der Waals surface area contributed by atoms with Gasteiger partial charge in [-0.25, -0.2) is 0 Å². The third kappa shape index (κ3) is 2.19. The van der Waals surface area contributed by atoms with E-state index < -0.39 is 0 Å². The van der Waals surface area contributed by atoms with Crippen LogP contribution in [0, 0.1) is 0 Å². The average Bonchev–Trinajstić information content (AvgIpc) is 2.60. The van der Waals surface area contributed by atoms with Crippen molar-refractivity contribution >= 4 is 23.0 Å². The van der Waals surface area contributed by atoms with Crippen LogP contribution >= 0.6 is 11.6 Å². The number of hydrogen-bond acceptors (Lipinski definition) is 3. The molecular formula is C11H15ClN2O. The fraction of sp³-hybridized carbons (Fsp3) is 0.455. The number of nitrogen functional groups attached to an aromatic ring is 1. The molecule has 15 heavy (non-hydrogen) atoms. The van der Waals surface area contributed by atoms with E-state index in [1.807, 2.05) is 18.2 Å². The van der Waals surface area contributed by atoms with E-state index in [1.54, 1.807) is 0 Å². The Hall–Kier alpha value is -0.930. The molecule has 1 heterocycles. The number of nitrogens with two attached hydrogens (primary N) is 1. The molecule has 1 atom stereocenters. The molecule has 0 spiro atoms. The highest BCUT2D eigenvalue weighted by molar-refractivity contribution is 6.33. The third-order valence-corrected chi connectivity index (χ3v) is 3.01. The van der Waals surface area contributed by atoms with Crippen molar-refractivity contribution in [1.29, 1.82) is 0 Å². The largest absolute Gasteiger partial charge is 0.397 e. The van der Waals surface area contributed by atoms with Gasteiger partial charge in [0.1, 0.15) is 0 Å². The Bertz CT molecular complexity index is 341. The quantitative estimate of drug-likeness (QED) is 0.762. The van der Waals surface area contributed by atoms with Crippen LogP contribution in [0.15, 0.2) is 18.2 Å². The van der Waals surface area contributed by atoms with Crippen LogP contribution in [-0.4, -0.2) is 18.8 Å². The van der Waals surface area contributed by atoms with Gasteiger partial charge in [0.2, 0.25) is 0 Å². The van der Waals surface area contributed by atoms with E-state index in [2.05, 4.69) is 12.2 Å². The van der Waals surface area contributed by atoms with Gasteiger partial charge in [-0.2, -0.15) is 0 Å². The molecular weight excluding hydrogens is 212 g/mol. The van der Waals surface area contributed by atoms with E-state index in [1.165, 1.54) is 0 Å². The molecule has 1 fully saturated rings. The first kappa shape index (κ1) is 10.6. The molecule has 4 heteroatoms. The average molecular weight is 227 g/mol. The van der Waals surface area contributed by atoms with Crippen LogP contribution in [-0.2, 0) is 4.74 Å². The van der Waals surface area contributed by atoms with Crippen molar-refractivity contribution in [2.75, 3.05) is 24.3 Å². The summed E-state index contributed by atoms with van der Waals surface area (Å²) in [5.41, 5.74) is 7.30. The van der Waals surface area contributed by atoms with Gasteiger partial charge in [0.15, 0.2) is 0 Å². The van der Waals surface area contributed by atoms with E-state index in [0.717, 1.165) is 18.7 Å². The highest BCUT2D eigenvalue weighted by atomic mass is 35.5. The van der Waals surface area contributed by atoms with E-state index in [4.69, 9.17) is 22.1 Å². The minimum Gasteiger partial charge on any atom is -0.397 e. The summed E-state index contributed by atoms with van der Waals surface area (Å²) in [6, 6.07) is 5.52. The number of benzene rings is 1. The second kappa shape index (κ2) is 3.91. The molecule has 3 N–H and O–H groups in total. The lowest BCUT2D eigenvalue weighted by Gasteiger charge is -2.26. The van der Waals surface area contributed by atoms with Crippen molar-refractivity contribution in [3.05, 3.63) is 23.2 Å². The van der Waals surface area contributed by atoms with Crippen molar-refractivity contribution in [3.8, 4) is 0 Å². The standard InChI is InChI=1S/C11H15ClN2O/c1-11(5-6-15-7-11)14-10-8(12)3-2-4-9(10)13/h2-4,14H,5-7,13H2,1H3. The zero-order valence-electron chi connectivity index (χ0n) is 8.72. The number of ether oxygens (including phenoxy) is 1. The van der Waals surface area contributed by atoms with Crippen molar-refractivity contribution in [2.24, 2.45) is 0 Å². The normalized spacial score (nSPS) is 25.5. The summed E-state index contributed by atoms with van der Waals surface area (Å²) in [6.45, 7) is 3.59. The highest BCUT2D eigenvalue weighted by Gasteiger charge is 2.30. The Morgan fingerprint density at radius 1 is 1.53 bits per heavy atom. The van der Waals surface area contributed by atoms with E-state index in [9.17, 15) is 0 Å². The Labute approximate surface area is 94.6 Å². The summed E-state index contributed by atoms with van der Waals surface area (Å²) in [7, 11) is 0. The minimum absolute atomic E-state index is 0.0564. The smallest absolute Gasteiger partial charge is 0.0768 e. The van der Waals surface area contributed by atoms with Crippen LogP contribution in [0.25, 0.3) is 0 Å². The Balaban J connectivity index is 2.23. The van der Waals surface area contributed by atoms with Crippen molar-refractivity contribution in [2.45, 2.75) is 18.9 Å². The Morgan fingerprint density at radius 3 is 2.93 bits per heavy atom. The first-order valence-corrected chi connectivity index (χ1v) is 5.38. The van der Waals surface area contributed by atoms with Crippen LogP contribution in [0.3, 0.4) is 0 Å². The molecule has 0 aliphatic carbocycles. The van der Waals surface area contributed by atoms with Crippen molar-refractivity contribution in [3.63, 3.8) is 0 Å². The molecule has 0 radical (unpaired) electrons. The summed E-state index contributed by atoms with van der Waals surface area (Å²) in [5.74, 6) is 0. The molecule has 3 nitrogen and oxygen atoms in total. The molecule has 1 saturated heterocycles. The molecule has 0 aromatic heterocycles. The summed E-state index contributed by atoms with van der Waals surface area (Å²) in [6.07, 6.45) is 0.970. The SMILES string of the molecule is CC1(Nc2c(N)cccc2Cl)CCOC1. The number of halogens is 1. The summed E-state index contributed by atoms with van der Waals surface area (Å²) < 4.78 is 5.37. The molecule has 0 amide bonds. The van der Waals surface area contributed by atoms with Gasteiger partial charge in [-0.15, -0.1) is 0 Å². The third-order valence-electron chi connectivity index (χ3n) is 2.69. The van der Waals surface area contributed by atoms with Gasteiger partial charge in [-0.05, 0) is 25.5 Å². The maximum absolute atomic E-state index is 6.09. The lowest BCUT2D eigenvalue weighted by Crippen LogP contribution is -2.35. The van der Waals surface area contributed by atoms with Gasteiger partial charge in [0, 0.05) is 6.61 Å². The Kier molecular flexibility index (Phi) is 2.76. The number of anilines is 2. The predicted molar refractivity (Wildman–Crippen MR) is 63.3 cm³/mol. The number of para-hydroxylation sites is 1. The molecule has 2 rings (SSSR count). The number of rotatable bonds is 2.